The second-order valence-corrected chi connectivity index (χ2v) is 7.42. The maximum atomic E-state index is 12.8. The molecule has 0 aromatic heterocycles. The lowest BCUT2D eigenvalue weighted by molar-refractivity contribution is 0.0991. The van der Waals surface area contributed by atoms with E-state index in [0.29, 0.717) is 17.7 Å². The molecule has 1 aliphatic heterocycles. The van der Waals surface area contributed by atoms with Gasteiger partial charge in [0, 0.05) is 34.1 Å². The topological polar surface area (TPSA) is 49.4 Å². The fraction of sp³-hybridized carbons (Fsp3) is 0.250. The average Bonchev–Trinajstić information content (AvgIpc) is 2.97. The van der Waals surface area contributed by atoms with Crippen molar-refractivity contribution in [3.05, 3.63) is 70.8 Å². The minimum Gasteiger partial charge on any atom is -0.321 e. The van der Waals surface area contributed by atoms with Crippen molar-refractivity contribution in [3.8, 4) is 0 Å². The number of carbonyl (C=O) groups excluding carboxylic acids is 2. The molecule has 0 spiro atoms. The molecule has 0 atom stereocenters. The van der Waals surface area contributed by atoms with E-state index in [2.05, 4.69) is 12.2 Å². The minimum absolute atomic E-state index is 0.0479. The zero-order valence-electron chi connectivity index (χ0n) is 16.5. The standard InChI is InChI=1S/C24H24N2O2/c1-4-5-13-26-21-12-11-20(18-7-6-8-19(22(18)21)24(26)28)25-23(27)17-10-9-15(2)16(3)14-17/h6-12,14H,4-5,13H2,1-3H3,(H,25,27). The zero-order chi connectivity index (χ0) is 19.8. The third-order valence-electron chi connectivity index (χ3n) is 5.54. The Bertz CT molecular complexity index is 1100. The Hall–Kier alpha value is -3.14. The molecule has 0 saturated carbocycles. The van der Waals surface area contributed by atoms with Gasteiger partial charge in [-0.05, 0) is 61.7 Å². The van der Waals surface area contributed by atoms with E-state index >= 15 is 0 Å². The van der Waals surface area contributed by atoms with Crippen LogP contribution in [0, 0.1) is 13.8 Å². The van der Waals surface area contributed by atoms with Gasteiger partial charge in [-0.25, -0.2) is 0 Å². The second-order valence-electron chi connectivity index (χ2n) is 7.42. The third-order valence-corrected chi connectivity index (χ3v) is 5.54. The van der Waals surface area contributed by atoms with Crippen LogP contribution in [-0.2, 0) is 0 Å². The van der Waals surface area contributed by atoms with Gasteiger partial charge in [0.25, 0.3) is 11.8 Å². The van der Waals surface area contributed by atoms with Crippen molar-refractivity contribution < 1.29 is 9.59 Å². The van der Waals surface area contributed by atoms with Gasteiger partial charge in [0.1, 0.15) is 0 Å². The predicted molar refractivity (Wildman–Crippen MR) is 114 cm³/mol. The van der Waals surface area contributed by atoms with Crippen LogP contribution < -0.4 is 10.2 Å². The van der Waals surface area contributed by atoms with E-state index in [-0.39, 0.29) is 11.8 Å². The van der Waals surface area contributed by atoms with Gasteiger partial charge in [-0.3, -0.25) is 9.59 Å². The van der Waals surface area contributed by atoms with Gasteiger partial charge in [0.05, 0.1) is 5.69 Å². The molecule has 2 amide bonds. The van der Waals surface area contributed by atoms with Gasteiger partial charge in [-0.2, -0.15) is 0 Å². The number of carbonyl (C=O) groups is 2. The largest absolute Gasteiger partial charge is 0.321 e. The maximum Gasteiger partial charge on any atom is 0.258 e. The molecular formula is C24H24N2O2. The van der Waals surface area contributed by atoms with E-state index in [1.165, 1.54) is 0 Å². The highest BCUT2D eigenvalue weighted by molar-refractivity contribution is 6.27. The smallest absolute Gasteiger partial charge is 0.258 e. The van der Waals surface area contributed by atoms with Crippen molar-refractivity contribution >= 4 is 34.0 Å². The first kappa shape index (κ1) is 18.2. The van der Waals surface area contributed by atoms with E-state index in [4.69, 9.17) is 0 Å². The number of amides is 2. The molecule has 1 N–H and O–H groups in total. The number of unbranched alkanes of at least 4 members (excludes halogenated alkanes) is 1. The van der Waals surface area contributed by atoms with Crippen LogP contribution in [0.5, 0.6) is 0 Å². The molecule has 0 bridgehead atoms. The second kappa shape index (κ2) is 7.12. The molecule has 4 nitrogen and oxygen atoms in total. The maximum absolute atomic E-state index is 12.8. The Morgan fingerprint density at radius 1 is 1.04 bits per heavy atom. The van der Waals surface area contributed by atoms with Crippen LogP contribution in [0.3, 0.4) is 0 Å². The molecule has 0 aliphatic carbocycles. The molecule has 4 heteroatoms. The Morgan fingerprint density at radius 3 is 2.61 bits per heavy atom. The summed E-state index contributed by atoms with van der Waals surface area (Å²) >= 11 is 0. The number of hydrogen-bond acceptors (Lipinski definition) is 2. The molecule has 28 heavy (non-hydrogen) atoms. The molecule has 0 radical (unpaired) electrons. The number of benzene rings is 3. The molecule has 142 valence electrons. The summed E-state index contributed by atoms with van der Waals surface area (Å²) in [5.41, 5.74) is 5.26. The summed E-state index contributed by atoms with van der Waals surface area (Å²) in [4.78, 5) is 27.5. The first-order chi connectivity index (χ1) is 13.5. The Labute approximate surface area is 165 Å². The number of aryl methyl sites for hydroxylation is 2. The monoisotopic (exact) mass is 372 g/mol. The summed E-state index contributed by atoms with van der Waals surface area (Å²) in [6.07, 6.45) is 2.00. The van der Waals surface area contributed by atoms with Crippen LogP contribution in [0.4, 0.5) is 11.4 Å². The molecule has 4 rings (SSSR count). The van der Waals surface area contributed by atoms with Gasteiger partial charge >= 0.3 is 0 Å². The van der Waals surface area contributed by atoms with E-state index in [1.807, 2.05) is 67.3 Å². The molecule has 0 fully saturated rings. The lowest BCUT2D eigenvalue weighted by Gasteiger charge is -2.17. The predicted octanol–water partition coefficient (Wildman–Crippen LogP) is 5.47. The number of hydrogen-bond donors (Lipinski definition) is 1. The summed E-state index contributed by atoms with van der Waals surface area (Å²) in [5, 5.41) is 4.87. The first-order valence-electron chi connectivity index (χ1n) is 9.77. The van der Waals surface area contributed by atoms with Crippen LogP contribution in [-0.4, -0.2) is 18.4 Å². The van der Waals surface area contributed by atoms with Gasteiger partial charge in [-0.1, -0.05) is 31.5 Å². The number of anilines is 2. The minimum atomic E-state index is -0.143. The van der Waals surface area contributed by atoms with Crippen molar-refractivity contribution in [1.82, 2.24) is 0 Å². The highest BCUT2D eigenvalue weighted by atomic mass is 16.2. The van der Waals surface area contributed by atoms with Crippen molar-refractivity contribution in [2.24, 2.45) is 0 Å². The zero-order valence-corrected chi connectivity index (χ0v) is 16.5. The molecule has 0 unspecified atom stereocenters. The Kier molecular flexibility index (Phi) is 4.63. The lowest BCUT2D eigenvalue weighted by Crippen LogP contribution is -2.27. The van der Waals surface area contributed by atoms with Crippen LogP contribution in [0.1, 0.15) is 51.6 Å². The molecule has 1 heterocycles. The number of rotatable bonds is 5. The fourth-order valence-corrected chi connectivity index (χ4v) is 3.77. The molecule has 3 aromatic carbocycles. The van der Waals surface area contributed by atoms with Crippen LogP contribution in [0.2, 0.25) is 0 Å². The van der Waals surface area contributed by atoms with E-state index < -0.39 is 0 Å². The first-order valence-corrected chi connectivity index (χ1v) is 9.77. The molecule has 1 aliphatic rings. The van der Waals surface area contributed by atoms with Gasteiger partial charge < -0.3 is 10.2 Å². The van der Waals surface area contributed by atoms with E-state index in [1.54, 1.807) is 0 Å². The molecule has 0 saturated heterocycles. The molecular weight excluding hydrogens is 348 g/mol. The van der Waals surface area contributed by atoms with Gasteiger partial charge in [-0.15, -0.1) is 0 Å². The Morgan fingerprint density at radius 2 is 1.86 bits per heavy atom. The highest BCUT2D eigenvalue weighted by Crippen LogP contribution is 2.40. The van der Waals surface area contributed by atoms with Crippen molar-refractivity contribution in [3.63, 3.8) is 0 Å². The summed E-state index contributed by atoms with van der Waals surface area (Å²) in [7, 11) is 0. The third kappa shape index (κ3) is 2.95. The lowest BCUT2D eigenvalue weighted by atomic mass is 10.0. The van der Waals surface area contributed by atoms with Gasteiger partial charge in [0.15, 0.2) is 0 Å². The Balaban J connectivity index is 1.72. The highest BCUT2D eigenvalue weighted by Gasteiger charge is 2.30. The average molecular weight is 372 g/mol. The summed E-state index contributed by atoms with van der Waals surface area (Å²) in [6, 6.07) is 15.3. The van der Waals surface area contributed by atoms with Gasteiger partial charge in [0.2, 0.25) is 0 Å². The summed E-state index contributed by atoms with van der Waals surface area (Å²) < 4.78 is 0. The fourth-order valence-electron chi connectivity index (χ4n) is 3.77. The molecule has 3 aromatic rings. The summed E-state index contributed by atoms with van der Waals surface area (Å²) in [6.45, 7) is 6.87. The van der Waals surface area contributed by atoms with Crippen LogP contribution in [0.25, 0.3) is 10.8 Å². The van der Waals surface area contributed by atoms with E-state index in [0.717, 1.165) is 46.1 Å². The quantitative estimate of drug-likeness (QED) is 0.646. The van der Waals surface area contributed by atoms with E-state index in [9.17, 15) is 9.59 Å². The van der Waals surface area contributed by atoms with Crippen molar-refractivity contribution in [1.29, 1.82) is 0 Å². The summed E-state index contributed by atoms with van der Waals surface area (Å²) in [5.74, 6) is -0.0948. The number of nitrogens with one attached hydrogen (secondary N) is 1. The van der Waals surface area contributed by atoms with Crippen molar-refractivity contribution in [2.75, 3.05) is 16.8 Å². The van der Waals surface area contributed by atoms with Crippen molar-refractivity contribution in [2.45, 2.75) is 33.6 Å². The number of nitrogens with zero attached hydrogens (tertiary/aromatic N) is 1. The SMILES string of the molecule is CCCCN1C(=O)c2cccc3c(NC(=O)c4ccc(C)c(C)c4)ccc1c23. The van der Waals surface area contributed by atoms with Crippen LogP contribution in [0.15, 0.2) is 48.5 Å². The van der Waals surface area contributed by atoms with Crippen LogP contribution >= 0.6 is 0 Å². The normalized spacial score (nSPS) is 12.7.